The zero-order valence-electron chi connectivity index (χ0n) is 14.7. The monoisotopic (exact) mass is 452 g/mol. The van der Waals surface area contributed by atoms with Crippen LogP contribution in [0.3, 0.4) is 0 Å². The maximum atomic E-state index is 12.0. The highest BCUT2D eigenvalue weighted by atomic mass is 35.5. The topological polar surface area (TPSA) is 114 Å². The van der Waals surface area contributed by atoms with Gasteiger partial charge in [0.05, 0.1) is 5.02 Å². The van der Waals surface area contributed by atoms with E-state index in [2.05, 4.69) is 26.1 Å². The molecule has 3 rings (SSSR count). The molecule has 0 aliphatic rings. The predicted molar refractivity (Wildman–Crippen MR) is 115 cm³/mol. The molecule has 0 bridgehead atoms. The van der Waals surface area contributed by atoms with Gasteiger partial charge in [-0.25, -0.2) is 9.97 Å². The van der Waals surface area contributed by atoms with Crippen molar-refractivity contribution < 1.29 is 9.53 Å². The average molecular weight is 454 g/mol. The third-order valence-electron chi connectivity index (χ3n) is 3.56. The SMILES string of the molecule is Nc1c(NNC(=O)COc2ccc(Cl)cc2Cl)ncnc1Nc1ccc(Cl)cc1. The Morgan fingerprint density at radius 3 is 2.41 bits per heavy atom. The van der Waals surface area contributed by atoms with Crippen LogP contribution in [0, 0.1) is 0 Å². The Hall–Kier alpha value is -2.94. The molecule has 2 aromatic carbocycles. The summed E-state index contributed by atoms with van der Waals surface area (Å²) in [5.74, 6) is 0.445. The number of nitrogens with one attached hydrogen (secondary N) is 3. The number of carbonyl (C=O) groups excluding carboxylic acids is 1. The molecule has 0 aliphatic carbocycles. The Morgan fingerprint density at radius 2 is 1.69 bits per heavy atom. The highest BCUT2D eigenvalue weighted by molar-refractivity contribution is 6.35. The Kier molecular flexibility index (Phi) is 6.82. The molecule has 11 heteroatoms. The van der Waals surface area contributed by atoms with Crippen LogP contribution in [0.2, 0.25) is 15.1 Å². The largest absolute Gasteiger partial charge is 0.482 e. The van der Waals surface area contributed by atoms with Gasteiger partial charge in [0.2, 0.25) is 0 Å². The van der Waals surface area contributed by atoms with E-state index in [9.17, 15) is 4.79 Å². The first-order chi connectivity index (χ1) is 13.9. The van der Waals surface area contributed by atoms with Gasteiger partial charge < -0.3 is 15.8 Å². The number of nitrogens with two attached hydrogens (primary N) is 1. The molecule has 150 valence electrons. The minimum Gasteiger partial charge on any atom is -0.482 e. The fourth-order valence-electron chi connectivity index (χ4n) is 2.17. The molecule has 8 nitrogen and oxygen atoms in total. The van der Waals surface area contributed by atoms with Crippen molar-refractivity contribution >= 4 is 63.7 Å². The Morgan fingerprint density at radius 1 is 1.00 bits per heavy atom. The first kappa shape index (κ1) is 20.8. The summed E-state index contributed by atoms with van der Waals surface area (Å²) < 4.78 is 5.35. The van der Waals surface area contributed by atoms with E-state index in [0.29, 0.717) is 26.6 Å². The van der Waals surface area contributed by atoms with Gasteiger partial charge in [-0.15, -0.1) is 0 Å². The molecule has 3 aromatic rings. The molecule has 0 saturated heterocycles. The smallest absolute Gasteiger partial charge is 0.276 e. The minimum absolute atomic E-state index is 0.212. The molecule has 0 aliphatic heterocycles. The molecule has 1 heterocycles. The van der Waals surface area contributed by atoms with Crippen LogP contribution in [0.5, 0.6) is 5.75 Å². The third kappa shape index (κ3) is 5.77. The number of halogens is 3. The summed E-state index contributed by atoms with van der Waals surface area (Å²) in [6.07, 6.45) is 1.30. The van der Waals surface area contributed by atoms with Crippen LogP contribution >= 0.6 is 34.8 Å². The van der Waals surface area contributed by atoms with Crippen LogP contribution in [0.15, 0.2) is 48.8 Å². The second kappa shape index (κ2) is 9.51. The predicted octanol–water partition coefficient (Wildman–Crippen LogP) is 4.28. The van der Waals surface area contributed by atoms with E-state index in [4.69, 9.17) is 45.3 Å². The lowest BCUT2D eigenvalue weighted by Crippen LogP contribution is -2.34. The average Bonchev–Trinajstić information content (AvgIpc) is 2.69. The van der Waals surface area contributed by atoms with Gasteiger partial charge in [0.15, 0.2) is 18.2 Å². The lowest BCUT2D eigenvalue weighted by Gasteiger charge is -2.13. The number of hydrogen-bond donors (Lipinski definition) is 4. The van der Waals surface area contributed by atoms with Crippen LogP contribution < -0.4 is 26.6 Å². The normalized spacial score (nSPS) is 10.3. The molecule has 0 fully saturated rings. The van der Waals surface area contributed by atoms with Crippen molar-refractivity contribution in [1.29, 1.82) is 0 Å². The molecular weight excluding hydrogens is 439 g/mol. The molecule has 0 radical (unpaired) electrons. The van der Waals surface area contributed by atoms with Crippen LogP contribution in [-0.2, 0) is 4.79 Å². The van der Waals surface area contributed by atoms with Crippen molar-refractivity contribution in [2.24, 2.45) is 0 Å². The second-order valence-corrected chi connectivity index (χ2v) is 6.93. The lowest BCUT2D eigenvalue weighted by molar-refractivity contribution is -0.122. The van der Waals surface area contributed by atoms with Crippen molar-refractivity contribution in [3.05, 3.63) is 63.9 Å². The zero-order chi connectivity index (χ0) is 20.8. The van der Waals surface area contributed by atoms with Gasteiger partial charge in [0, 0.05) is 15.7 Å². The maximum Gasteiger partial charge on any atom is 0.276 e. The Balaban J connectivity index is 1.57. The standard InChI is InChI=1S/C18H15Cl3N6O2/c19-10-1-4-12(5-2-10)25-17-16(22)18(24-9-23-17)27-26-15(28)8-29-14-6-3-11(20)7-13(14)21/h1-7,9H,8,22H2,(H,26,28)(H2,23,24,25,27). The van der Waals surface area contributed by atoms with Gasteiger partial charge >= 0.3 is 0 Å². The number of ether oxygens (including phenoxy) is 1. The maximum absolute atomic E-state index is 12.0. The number of carbonyl (C=O) groups is 1. The summed E-state index contributed by atoms with van der Waals surface area (Å²) in [6, 6.07) is 11.7. The van der Waals surface area contributed by atoms with E-state index >= 15 is 0 Å². The summed E-state index contributed by atoms with van der Waals surface area (Å²) in [7, 11) is 0. The number of benzene rings is 2. The van der Waals surface area contributed by atoms with Gasteiger partial charge in [-0.2, -0.15) is 0 Å². The number of amides is 1. The van der Waals surface area contributed by atoms with Gasteiger partial charge in [0.25, 0.3) is 5.91 Å². The summed E-state index contributed by atoms with van der Waals surface area (Å²) >= 11 is 17.7. The molecule has 29 heavy (non-hydrogen) atoms. The molecule has 1 amide bonds. The van der Waals surface area contributed by atoms with Gasteiger partial charge in [0.1, 0.15) is 17.8 Å². The highest BCUT2D eigenvalue weighted by Gasteiger charge is 2.11. The number of hydrazine groups is 1. The first-order valence-electron chi connectivity index (χ1n) is 8.18. The Bertz CT molecular complexity index is 1020. The number of anilines is 4. The number of aromatic nitrogens is 2. The van der Waals surface area contributed by atoms with Crippen LogP contribution in [0.25, 0.3) is 0 Å². The number of nitrogen functional groups attached to an aromatic ring is 1. The fraction of sp³-hybridized carbons (Fsp3) is 0.0556. The molecule has 1 aromatic heterocycles. The summed E-state index contributed by atoms with van der Waals surface area (Å²) in [4.78, 5) is 20.1. The molecular formula is C18H15Cl3N6O2. The van der Waals surface area contributed by atoms with Crippen molar-refractivity contribution in [3.63, 3.8) is 0 Å². The number of rotatable bonds is 7. The van der Waals surface area contributed by atoms with Crippen molar-refractivity contribution in [3.8, 4) is 5.75 Å². The van der Waals surface area contributed by atoms with Crippen LogP contribution in [-0.4, -0.2) is 22.5 Å². The molecule has 0 unspecified atom stereocenters. The molecule has 0 atom stereocenters. The van der Waals surface area contributed by atoms with E-state index in [1.807, 2.05) is 0 Å². The van der Waals surface area contributed by atoms with E-state index in [-0.39, 0.29) is 18.1 Å². The zero-order valence-corrected chi connectivity index (χ0v) is 17.0. The molecule has 0 spiro atoms. The molecule has 5 N–H and O–H groups in total. The Labute approximate surface area is 181 Å². The number of hydrogen-bond acceptors (Lipinski definition) is 7. The van der Waals surface area contributed by atoms with E-state index in [1.165, 1.54) is 12.4 Å². The summed E-state index contributed by atoms with van der Waals surface area (Å²) in [5.41, 5.74) is 12.1. The highest BCUT2D eigenvalue weighted by Crippen LogP contribution is 2.28. The van der Waals surface area contributed by atoms with E-state index in [0.717, 1.165) is 5.69 Å². The lowest BCUT2D eigenvalue weighted by atomic mass is 10.3. The van der Waals surface area contributed by atoms with Gasteiger partial charge in [-0.05, 0) is 42.5 Å². The molecule has 0 saturated carbocycles. The van der Waals surface area contributed by atoms with Crippen LogP contribution in [0.1, 0.15) is 0 Å². The quantitative estimate of drug-likeness (QED) is 0.395. The van der Waals surface area contributed by atoms with Crippen molar-refractivity contribution in [2.45, 2.75) is 0 Å². The van der Waals surface area contributed by atoms with E-state index < -0.39 is 5.91 Å². The third-order valence-corrected chi connectivity index (χ3v) is 4.35. The van der Waals surface area contributed by atoms with Crippen molar-refractivity contribution in [1.82, 2.24) is 15.4 Å². The first-order valence-corrected chi connectivity index (χ1v) is 9.31. The minimum atomic E-state index is -0.471. The van der Waals surface area contributed by atoms with Crippen molar-refractivity contribution in [2.75, 3.05) is 23.1 Å². The van der Waals surface area contributed by atoms with Crippen LogP contribution in [0.4, 0.5) is 23.0 Å². The van der Waals surface area contributed by atoms with Gasteiger partial charge in [-0.1, -0.05) is 34.8 Å². The fourth-order valence-corrected chi connectivity index (χ4v) is 2.75. The second-order valence-electron chi connectivity index (χ2n) is 5.65. The summed E-state index contributed by atoms with van der Waals surface area (Å²) in [5, 5.41) is 4.43. The van der Waals surface area contributed by atoms with Gasteiger partial charge in [-0.3, -0.25) is 15.6 Å². The van der Waals surface area contributed by atoms with E-state index in [1.54, 1.807) is 36.4 Å². The summed E-state index contributed by atoms with van der Waals surface area (Å²) in [6.45, 7) is -0.283. The number of nitrogens with zero attached hydrogens (tertiary/aromatic N) is 2.